The van der Waals surface area contributed by atoms with Crippen LogP contribution in [-0.4, -0.2) is 26.3 Å². The molecule has 0 atom stereocenters. The molecule has 15 heavy (non-hydrogen) atoms. The van der Waals surface area contributed by atoms with Crippen LogP contribution in [0.4, 0.5) is 0 Å². The number of nitrogens with one attached hydrogen (secondary N) is 1. The fourth-order valence-corrected chi connectivity index (χ4v) is 1.10. The van der Waals surface area contributed by atoms with E-state index in [-0.39, 0.29) is 18.1 Å². The van der Waals surface area contributed by atoms with E-state index in [0.717, 1.165) is 5.56 Å². The molecule has 0 aliphatic carbocycles. The van der Waals surface area contributed by atoms with E-state index < -0.39 is 5.97 Å². The van der Waals surface area contributed by atoms with Crippen molar-refractivity contribution in [2.45, 2.75) is 0 Å². The predicted molar refractivity (Wildman–Crippen MR) is 56.0 cm³/mol. The lowest BCUT2D eigenvalue weighted by atomic mass is 10.2. The quantitative estimate of drug-likeness (QED) is 0.814. The maximum atomic E-state index is 10.5. The van der Waals surface area contributed by atoms with Crippen molar-refractivity contribution in [2.75, 3.05) is 0 Å². The van der Waals surface area contributed by atoms with Crippen molar-refractivity contribution in [3.05, 3.63) is 36.3 Å². The van der Waals surface area contributed by atoms with E-state index in [1.807, 2.05) is 6.07 Å². The number of carboxylic acid groups (broad SMARTS) is 1. The normalized spacial score (nSPS) is 9.33. The highest BCUT2D eigenvalue weighted by molar-refractivity contribution is 5.86. The first kappa shape index (κ1) is 11.2. The second-order valence-electron chi connectivity index (χ2n) is 2.71. The minimum atomic E-state index is -1.05. The molecule has 0 aliphatic heterocycles. The third-order valence-electron chi connectivity index (χ3n) is 1.77. The molecule has 5 nitrogen and oxygen atoms in total. The van der Waals surface area contributed by atoms with E-state index in [1.165, 1.54) is 6.07 Å². The first-order chi connectivity index (χ1) is 6.77. The van der Waals surface area contributed by atoms with Gasteiger partial charge in [-0.05, 0) is 18.2 Å². The van der Waals surface area contributed by atoms with Gasteiger partial charge in [-0.15, -0.1) is 12.4 Å². The van der Waals surface area contributed by atoms with Crippen molar-refractivity contribution in [2.24, 2.45) is 0 Å². The van der Waals surface area contributed by atoms with E-state index in [2.05, 4.69) is 15.2 Å². The molecule has 6 heteroatoms. The van der Waals surface area contributed by atoms with Gasteiger partial charge < -0.3 is 5.11 Å². The highest BCUT2D eigenvalue weighted by Gasteiger charge is 2.08. The van der Waals surface area contributed by atoms with E-state index in [1.54, 1.807) is 18.5 Å². The van der Waals surface area contributed by atoms with Crippen molar-refractivity contribution in [1.82, 2.24) is 15.2 Å². The van der Waals surface area contributed by atoms with Gasteiger partial charge in [-0.3, -0.25) is 10.1 Å². The number of halogens is 1. The largest absolute Gasteiger partial charge is 0.476 e. The molecular weight excluding hydrogens is 218 g/mol. The molecule has 0 saturated heterocycles. The molecule has 2 heterocycles. The molecule has 2 aromatic heterocycles. The zero-order chi connectivity index (χ0) is 9.97. The number of pyridine rings is 1. The summed E-state index contributed by atoms with van der Waals surface area (Å²) >= 11 is 0. The lowest BCUT2D eigenvalue weighted by Crippen LogP contribution is -1.95. The average Bonchev–Trinajstić information content (AvgIpc) is 2.68. The molecule has 2 aromatic rings. The van der Waals surface area contributed by atoms with E-state index in [4.69, 9.17) is 5.11 Å². The van der Waals surface area contributed by atoms with Gasteiger partial charge in [-0.25, -0.2) is 4.79 Å². The van der Waals surface area contributed by atoms with Crippen LogP contribution >= 0.6 is 12.4 Å². The summed E-state index contributed by atoms with van der Waals surface area (Å²) in [5, 5.41) is 14.9. The zero-order valence-corrected chi connectivity index (χ0v) is 8.36. The number of H-pyrrole nitrogens is 1. The molecule has 0 aliphatic rings. The molecule has 2 N–H and O–H groups in total. The Balaban J connectivity index is 0.00000112. The van der Waals surface area contributed by atoms with E-state index in [0.29, 0.717) is 5.69 Å². The Morgan fingerprint density at radius 2 is 2.27 bits per heavy atom. The molecule has 0 bridgehead atoms. The van der Waals surface area contributed by atoms with Crippen LogP contribution < -0.4 is 0 Å². The number of aromatic amines is 1. The number of hydrogen-bond acceptors (Lipinski definition) is 3. The van der Waals surface area contributed by atoms with Crippen molar-refractivity contribution in [3.63, 3.8) is 0 Å². The fourth-order valence-electron chi connectivity index (χ4n) is 1.10. The molecule has 0 aromatic carbocycles. The van der Waals surface area contributed by atoms with Crippen molar-refractivity contribution in [1.29, 1.82) is 0 Å². The lowest BCUT2D eigenvalue weighted by molar-refractivity contribution is 0.0690. The van der Waals surface area contributed by atoms with Crippen LogP contribution in [0.2, 0.25) is 0 Å². The summed E-state index contributed by atoms with van der Waals surface area (Å²) in [7, 11) is 0. The van der Waals surface area contributed by atoms with Gasteiger partial charge in [0.05, 0.1) is 5.69 Å². The summed E-state index contributed by atoms with van der Waals surface area (Å²) in [6.07, 6.45) is 3.29. The van der Waals surface area contributed by atoms with E-state index in [9.17, 15) is 4.79 Å². The van der Waals surface area contributed by atoms with Crippen molar-refractivity contribution in [3.8, 4) is 11.3 Å². The second kappa shape index (κ2) is 4.56. The van der Waals surface area contributed by atoms with Crippen LogP contribution in [0.25, 0.3) is 11.3 Å². The van der Waals surface area contributed by atoms with Crippen molar-refractivity contribution < 1.29 is 9.90 Å². The molecule has 0 spiro atoms. The molecule has 0 radical (unpaired) electrons. The second-order valence-corrected chi connectivity index (χ2v) is 2.71. The van der Waals surface area contributed by atoms with Gasteiger partial charge in [0.15, 0.2) is 5.69 Å². The van der Waals surface area contributed by atoms with E-state index >= 15 is 0 Å². The first-order valence-corrected chi connectivity index (χ1v) is 3.96. The Morgan fingerprint density at radius 3 is 2.80 bits per heavy atom. The number of carbonyl (C=O) groups is 1. The van der Waals surface area contributed by atoms with Gasteiger partial charge in [-0.1, -0.05) is 0 Å². The Morgan fingerprint density at radius 1 is 1.47 bits per heavy atom. The summed E-state index contributed by atoms with van der Waals surface area (Å²) in [6.45, 7) is 0. The Labute approximate surface area is 91.6 Å². The molecule has 0 fully saturated rings. The van der Waals surface area contributed by atoms with Crippen LogP contribution in [0.3, 0.4) is 0 Å². The number of aromatic nitrogens is 3. The van der Waals surface area contributed by atoms with Gasteiger partial charge in [0.2, 0.25) is 0 Å². The smallest absolute Gasteiger partial charge is 0.356 e. The Bertz CT molecular complexity index is 455. The number of aromatic carboxylic acids is 1. The number of rotatable bonds is 2. The zero-order valence-electron chi connectivity index (χ0n) is 7.54. The maximum absolute atomic E-state index is 10.5. The summed E-state index contributed by atoms with van der Waals surface area (Å²) < 4.78 is 0. The SMILES string of the molecule is Cl.O=C(O)c1cc(-c2cccnc2)[nH]n1. The molecule has 78 valence electrons. The third-order valence-corrected chi connectivity index (χ3v) is 1.77. The lowest BCUT2D eigenvalue weighted by Gasteiger charge is -1.92. The molecule has 0 amide bonds. The number of hydrogen-bond donors (Lipinski definition) is 2. The van der Waals surface area contributed by atoms with Crippen LogP contribution in [-0.2, 0) is 0 Å². The maximum Gasteiger partial charge on any atom is 0.356 e. The molecule has 0 unspecified atom stereocenters. The number of nitrogens with zero attached hydrogens (tertiary/aromatic N) is 2. The average molecular weight is 226 g/mol. The first-order valence-electron chi connectivity index (χ1n) is 3.96. The van der Waals surface area contributed by atoms with Gasteiger partial charge in [0, 0.05) is 18.0 Å². The van der Waals surface area contributed by atoms with Gasteiger partial charge in [-0.2, -0.15) is 5.10 Å². The van der Waals surface area contributed by atoms with Crippen LogP contribution in [0.15, 0.2) is 30.6 Å². The Kier molecular flexibility index (Phi) is 3.41. The molecule has 0 saturated carbocycles. The van der Waals surface area contributed by atoms with Crippen LogP contribution in [0.5, 0.6) is 0 Å². The molecular formula is C9H8ClN3O2. The minimum Gasteiger partial charge on any atom is -0.476 e. The Hall–Kier alpha value is -1.88. The highest BCUT2D eigenvalue weighted by atomic mass is 35.5. The highest BCUT2D eigenvalue weighted by Crippen LogP contribution is 2.15. The summed E-state index contributed by atoms with van der Waals surface area (Å²) in [5.74, 6) is -1.05. The fraction of sp³-hybridized carbons (Fsp3) is 0. The number of carboxylic acids is 1. The monoisotopic (exact) mass is 225 g/mol. The third kappa shape index (κ3) is 2.32. The topological polar surface area (TPSA) is 78.9 Å². The summed E-state index contributed by atoms with van der Waals surface area (Å²) in [6, 6.07) is 5.07. The summed E-state index contributed by atoms with van der Waals surface area (Å²) in [5.41, 5.74) is 1.46. The predicted octanol–water partition coefficient (Wildman–Crippen LogP) is 1.59. The minimum absolute atomic E-state index is 0. The van der Waals surface area contributed by atoms with Crippen LogP contribution in [0, 0.1) is 0 Å². The van der Waals surface area contributed by atoms with Crippen molar-refractivity contribution >= 4 is 18.4 Å². The standard InChI is InChI=1S/C9H7N3O2.ClH/c13-9(14)8-4-7(11-12-8)6-2-1-3-10-5-6;/h1-5H,(H,11,12)(H,13,14);1H. The van der Waals surface area contributed by atoms with Gasteiger partial charge >= 0.3 is 5.97 Å². The van der Waals surface area contributed by atoms with Crippen LogP contribution in [0.1, 0.15) is 10.5 Å². The van der Waals surface area contributed by atoms with Gasteiger partial charge in [0.1, 0.15) is 0 Å². The summed E-state index contributed by atoms with van der Waals surface area (Å²) in [4.78, 5) is 14.5. The molecule has 2 rings (SSSR count). The van der Waals surface area contributed by atoms with Gasteiger partial charge in [0.25, 0.3) is 0 Å².